The van der Waals surface area contributed by atoms with Gasteiger partial charge < -0.3 is 10.6 Å². The van der Waals surface area contributed by atoms with E-state index in [0.717, 1.165) is 0 Å². The Kier molecular flexibility index (Phi) is 6.47. The van der Waals surface area contributed by atoms with Crippen LogP contribution in [0.5, 0.6) is 0 Å². The highest BCUT2D eigenvalue weighted by molar-refractivity contribution is 7.90. The monoisotopic (exact) mass is 448 g/mol. The summed E-state index contributed by atoms with van der Waals surface area (Å²) in [6, 6.07) is 17.6. The molecule has 2 amide bonds. The Labute approximate surface area is 179 Å². The van der Waals surface area contributed by atoms with Crippen molar-refractivity contribution in [2.24, 2.45) is 0 Å². The van der Waals surface area contributed by atoms with E-state index in [0.29, 0.717) is 32.5 Å². The summed E-state index contributed by atoms with van der Waals surface area (Å²) in [4.78, 5) is 12.4. The Hall–Kier alpha value is -2.54. The molecule has 0 spiro atoms. The summed E-state index contributed by atoms with van der Waals surface area (Å²) in [5.41, 5.74) is 2.12. The first-order chi connectivity index (χ1) is 13.7. The van der Waals surface area contributed by atoms with Gasteiger partial charge in [0.25, 0.3) is 0 Å². The first-order valence-electron chi connectivity index (χ1n) is 8.64. The number of benzene rings is 3. The van der Waals surface area contributed by atoms with Gasteiger partial charge in [-0.3, -0.25) is 0 Å². The molecule has 0 aliphatic heterocycles. The fourth-order valence-corrected chi connectivity index (χ4v) is 4.72. The summed E-state index contributed by atoms with van der Waals surface area (Å²) >= 11 is 11.8. The number of amides is 2. The number of halogens is 2. The maximum atomic E-state index is 12.9. The smallest absolute Gasteiger partial charge is 0.308 e. The Balaban J connectivity index is 1.78. The lowest BCUT2D eigenvalue weighted by molar-refractivity contribution is 0.262. The highest BCUT2D eigenvalue weighted by Crippen LogP contribution is 2.25. The van der Waals surface area contributed by atoms with Crippen LogP contribution in [0.3, 0.4) is 0 Å². The van der Waals surface area contributed by atoms with Crippen molar-refractivity contribution in [3.05, 3.63) is 87.9 Å². The second-order valence-electron chi connectivity index (χ2n) is 6.46. The van der Waals surface area contributed by atoms with Crippen molar-refractivity contribution in [2.75, 3.05) is 10.6 Å². The lowest BCUT2D eigenvalue weighted by Crippen LogP contribution is -2.19. The normalized spacial score (nSPS) is 11.1. The third kappa shape index (κ3) is 5.73. The van der Waals surface area contributed by atoms with Crippen molar-refractivity contribution in [2.45, 2.75) is 17.6 Å². The molecule has 0 unspecified atom stereocenters. The molecule has 0 saturated carbocycles. The van der Waals surface area contributed by atoms with Crippen molar-refractivity contribution < 1.29 is 13.2 Å². The third-order valence-corrected chi connectivity index (χ3v) is 6.44. The largest absolute Gasteiger partial charge is 0.323 e. The Morgan fingerprint density at radius 3 is 2.17 bits per heavy atom. The van der Waals surface area contributed by atoms with Crippen LogP contribution >= 0.6 is 23.2 Å². The van der Waals surface area contributed by atoms with Gasteiger partial charge in [-0.2, -0.15) is 0 Å². The molecule has 8 heteroatoms. The molecule has 0 saturated heterocycles. The second-order valence-corrected chi connectivity index (χ2v) is 9.29. The number of nitrogens with one attached hydrogen (secondary N) is 2. The van der Waals surface area contributed by atoms with Gasteiger partial charge in [-0.05, 0) is 60.5 Å². The molecule has 0 atom stereocenters. The van der Waals surface area contributed by atoms with Crippen LogP contribution in [0.1, 0.15) is 11.1 Å². The second kappa shape index (κ2) is 8.86. The predicted molar refractivity (Wildman–Crippen MR) is 118 cm³/mol. The van der Waals surface area contributed by atoms with Gasteiger partial charge in [-0.25, -0.2) is 13.2 Å². The Morgan fingerprint density at radius 2 is 1.52 bits per heavy atom. The standard InChI is InChI=1S/C21H18Cl2N2O3S/c1-14-5-10-19(25-21(26)24-18-4-2-3-17(23)11-18)12-20(14)29(27,28)13-15-6-8-16(22)9-7-15/h2-12H,13H2,1H3,(H2,24,25,26). The average molecular weight is 449 g/mol. The fourth-order valence-electron chi connectivity index (χ4n) is 2.75. The number of urea groups is 1. The number of carbonyl (C=O) groups is 1. The maximum absolute atomic E-state index is 12.9. The number of anilines is 2. The molecule has 3 rings (SSSR count). The first kappa shape index (κ1) is 21.2. The summed E-state index contributed by atoms with van der Waals surface area (Å²) in [5.74, 6) is -0.164. The fraction of sp³-hybridized carbons (Fsp3) is 0.0952. The van der Waals surface area contributed by atoms with Crippen molar-refractivity contribution in [1.82, 2.24) is 0 Å². The number of carbonyl (C=O) groups excluding carboxylic acids is 1. The van der Waals surface area contributed by atoms with Crippen LogP contribution < -0.4 is 10.6 Å². The first-order valence-corrected chi connectivity index (χ1v) is 11.1. The van der Waals surface area contributed by atoms with Crippen LogP contribution in [0.4, 0.5) is 16.2 Å². The highest BCUT2D eigenvalue weighted by Gasteiger charge is 2.19. The van der Waals surface area contributed by atoms with Crippen molar-refractivity contribution in [3.63, 3.8) is 0 Å². The van der Waals surface area contributed by atoms with Crippen molar-refractivity contribution in [1.29, 1.82) is 0 Å². The molecular formula is C21H18Cl2N2O3S. The van der Waals surface area contributed by atoms with Crippen LogP contribution in [-0.2, 0) is 15.6 Å². The number of aryl methyl sites for hydroxylation is 1. The molecule has 2 N–H and O–H groups in total. The summed E-state index contributed by atoms with van der Waals surface area (Å²) in [6.07, 6.45) is 0. The van der Waals surface area contributed by atoms with Gasteiger partial charge in [0.2, 0.25) is 0 Å². The zero-order valence-electron chi connectivity index (χ0n) is 15.4. The number of rotatable bonds is 5. The molecule has 150 valence electrons. The van der Waals surface area contributed by atoms with Crippen LogP contribution in [-0.4, -0.2) is 14.4 Å². The minimum absolute atomic E-state index is 0.160. The van der Waals surface area contributed by atoms with Crippen LogP contribution in [0, 0.1) is 6.92 Å². The Morgan fingerprint density at radius 1 is 0.862 bits per heavy atom. The van der Waals surface area contributed by atoms with Gasteiger partial charge in [0, 0.05) is 21.4 Å². The van der Waals surface area contributed by atoms with Gasteiger partial charge in [-0.15, -0.1) is 0 Å². The van der Waals surface area contributed by atoms with Gasteiger partial charge in [0.1, 0.15) is 0 Å². The van der Waals surface area contributed by atoms with E-state index in [1.807, 2.05) is 0 Å². The third-order valence-electron chi connectivity index (χ3n) is 4.13. The van der Waals surface area contributed by atoms with Crippen molar-refractivity contribution in [3.8, 4) is 0 Å². The molecule has 0 aromatic heterocycles. The lowest BCUT2D eigenvalue weighted by atomic mass is 10.2. The molecule has 0 fully saturated rings. The van der Waals surface area contributed by atoms with Gasteiger partial charge in [-0.1, -0.05) is 47.5 Å². The quantitative estimate of drug-likeness (QED) is 0.508. The molecule has 5 nitrogen and oxygen atoms in total. The van der Waals surface area contributed by atoms with Gasteiger partial charge in [0.15, 0.2) is 9.84 Å². The topological polar surface area (TPSA) is 75.3 Å². The van der Waals surface area contributed by atoms with E-state index in [4.69, 9.17) is 23.2 Å². The summed E-state index contributed by atoms with van der Waals surface area (Å²) < 4.78 is 25.8. The van der Waals surface area contributed by atoms with Crippen LogP contribution in [0.15, 0.2) is 71.6 Å². The number of sulfone groups is 1. The summed E-state index contributed by atoms with van der Waals surface area (Å²) in [7, 11) is -3.61. The zero-order valence-corrected chi connectivity index (χ0v) is 17.8. The van der Waals surface area contributed by atoms with E-state index in [-0.39, 0.29) is 10.6 Å². The molecule has 0 aliphatic carbocycles. The van der Waals surface area contributed by atoms with E-state index in [1.54, 1.807) is 67.6 Å². The van der Waals surface area contributed by atoms with Crippen LogP contribution in [0.25, 0.3) is 0 Å². The molecule has 29 heavy (non-hydrogen) atoms. The molecule has 3 aromatic carbocycles. The molecule has 3 aromatic rings. The lowest BCUT2D eigenvalue weighted by Gasteiger charge is -2.12. The van der Waals surface area contributed by atoms with Gasteiger partial charge in [0.05, 0.1) is 10.6 Å². The van der Waals surface area contributed by atoms with Gasteiger partial charge >= 0.3 is 6.03 Å². The molecule has 0 bridgehead atoms. The van der Waals surface area contributed by atoms with E-state index in [9.17, 15) is 13.2 Å². The minimum Gasteiger partial charge on any atom is -0.308 e. The summed E-state index contributed by atoms with van der Waals surface area (Å²) in [5, 5.41) is 6.33. The zero-order chi connectivity index (χ0) is 21.0. The molecule has 0 aliphatic rings. The predicted octanol–water partition coefficient (Wildman–Crippen LogP) is 5.92. The van der Waals surface area contributed by atoms with E-state index >= 15 is 0 Å². The minimum atomic E-state index is -3.61. The summed E-state index contributed by atoms with van der Waals surface area (Å²) in [6.45, 7) is 1.71. The average Bonchev–Trinajstić information content (AvgIpc) is 2.65. The van der Waals surface area contributed by atoms with E-state index in [1.165, 1.54) is 6.07 Å². The Bertz CT molecular complexity index is 1150. The molecular weight excluding hydrogens is 431 g/mol. The number of hydrogen-bond donors (Lipinski definition) is 2. The van der Waals surface area contributed by atoms with Crippen LogP contribution in [0.2, 0.25) is 10.0 Å². The number of hydrogen-bond acceptors (Lipinski definition) is 3. The van der Waals surface area contributed by atoms with Crippen molar-refractivity contribution >= 4 is 50.4 Å². The van der Waals surface area contributed by atoms with E-state index in [2.05, 4.69) is 10.6 Å². The maximum Gasteiger partial charge on any atom is 0.323 e. The highest BCUT2D eigenvalue weighted by atomic mass is 35.5. The molecule has 0 heterocycles. The molecule has 0 radical (unpaired) electrons. The van der Waals surface area contributed by atoms with E-state index < -0.39 is 15.9 Å². The SMILES string of the molecule is Cc1ccc(NC(=O)Nc2cccc(Cl)c2)cc1S(=O)(=O)Cc1ccc(Cl)cc1.